The number of fused-ring (bicyclic) bond motifs is 1. The molecular formula is C22H17F3N4O2. The zero-order chi connectivity index (χ0) is 22.0. The highest BCUT2D eigenvalue weighted by atomic mass is 19.4. The van der Waals surface area contributed by atoms with Gasteiger partial charge in [-0.05, 0) is 0 Å². The van der Waals surface area contributed by atoms with Crippen LogP contribution in [0.25, 0.3) is 5.52 Å². The minimum absolute atomic E-state index is 0.167. The smallest absolute Gasteiger partial charge is 0.420 e. The normalized spacial score (nSPS) is 12.5. The van der Waals surface area contributed by atoms with Crippen LogP contribution in [0.15, 0.2) is 78.2 Å². The molecule has 1 unspecified atom stereocenters. The van der Waals surface area contributed by atoms with Crippen molar-refractivity contribution in [2.45, 2.75) is 12.3 Å². The van der Waals surface area contributed by atoms with E-state index >= 15 is 0 Å². The molecule has 2 aromatic heterocycles. The summed E-state index contributed by atoms with van der Waals surface area (Å²) in [5.41, 5.74) is 2.03. The predicted octanol–water partition coefficient (Wildman–Crippen LogP) is 4.50. The van der Waals surface area contributed by atoms with Crippen LogP contribution in [0.3, 0.4) is 0 Å². The molecule has 0 bridgehead atoms. The number of alkyl halides is 3. The Kier molecular flexibility index (Phi) is 5.43. The summed E-state index contributed by atoms with van der Waals surface area (Å²) in [6, 6.07) is 18.8. The molecule has 9 heteroatoms. The fourth-order valence-electron chi connectivity index (χ4n) is 3.20. The van der Waals surface area contributed by atoms with Crippen LogP contribution in [0.2, 0.25) is 0 Å². The fourth-order valence-corrected chi connectivity index (χ4v) is 3.20. The molecule has 0 aliphatic carbocycles. The van der Waals surface area contributed by atoms with Crippen LogP contribution in [0.4, 0.5) is 18.9 Å². The molecule has 0 fully saturated rings. The van der Waals surface area contributed by atoms with E-state index in [0.29, 0.717) is 5.71 Å². The van der Waals surface area contributed by atoms with Crippen LogP contribution < -0.4 is 4.74 Å². The number of aromatic nitrogens is 3. The number of methoxy groups -OCH3 is 1. The Morgan fingerprint density at radius 1 is 1.03 bits per heavy atom. The van der Waals surface area contributed by atoms with Gasteiger partial charge in [-0.3, -0.25) is 0 Å². The van der Waals surface area contributed by atoms with Gasteiger partial charge >= 0.3 is 6.18 Å². The van der Waals surface area contributed by atoms with Crippen LogP contribution in [0.5, 0.6) is 5.75 Å². The quantitative estimate of drug-likeness (QED) is 0.477. The second-order valence-corrected chi connectivity index (χ2v) is 6.62. The molecule has 2 heterocycles. The third-order valence-electron chi connectivity index (χ3n) is 4.63. The third-order valence-corrected chi connectivity index (χ3v) is 4.63. The first-order chi connectivity index (χ1) is 14.9. The first kappa shape index (κ1) is 20.5. The van der Waals surface area contributed by atoms with Gasteiger partial charge in [-0.1, -0.05) is 60.7 Å². The lowest BCUT2D eigenvalue weighted by Crippen LogP contribution is -2.22. The fraction of sp³-hybridized carbons (Fsp3) is 0.136. The number of halogens is 3. The van der Waals surface area contributed by atoms with E-state index in [0.717, 1.165) is 17.5 Å². The van der Waals surface area contributed by atoms with Crippen molar-refractivity contribution in [3.05, 3.63) is 90.0 Å². The van der Waals surface area contributed by atoms with Gasteiger partial charge in [0.2, 0.25) is 0 Å². The Morgan fingerprint density at radius 3 is 2.13 bits per heavy atom. The van der Waals surface area contributed by atoms with Crippen molar-refractivity contribution < 1.29 is 23.0 Å². The van der Waals surface area contributed by atoms with E-state index in [4.69, 9.17) is 9.73 Å². The molecule has 0 amide bonds. The summed E-state index contributed by atoms with van der Waals surface area (Å²) in [6.45, 7) is 0. The second kappa shape index (κ2) is 8.19. The highest BCUT2D eigenvalue weighted by molar-refractivity contribution is 6.14. The van der Waals surface area contributed by atoms with Gasteiger partial charge in [0.15, 0.2) is 11.9 Å². The molecule has 4 rings (SSSR count). The molecule has 6 nitrogen and oxygen atoms in total. The summed E-state index contributed by atoms with van der Waals surface area (Å²) in [7, 11) is 1.21. The average molecular weight is 426 g/mol. The van der Waals surface area contributed by atoms with Crippen molar-refractivity contribution >= 4 is 16.9 Å². The predicted molar refractivity (Wildman–Crippen MR) is 109 cm³/mol. The molecule has 1 atom stereocenters. The molecule has 0 aliphatic rings. The maximum atomic E-state index is 13.1. The van der Waals surface area contributed by atoms with Gasteiger partial charge in [0, 0.05) is 11.1 Å². The molecule has 1 N–H and O–H groups in total. The van der Waals surface area contributed by atoms with Gasteiger partial charge in [0.05, 0.1) is 19.0 Å². The maximum Gasteiger partial charge on any atom is 0.420 e. The topological polar surface area (TPSA) is 72.0 Å². The maximum absolute atomic E-state index is 13.1. The molecule has 0 aliphatic heterocycles. The van der Waals surface area contributed by atoms with Crippen LogP contribution in [0, 0.1) is 0 Å². The number of ether oxygens (including phenoxy) is 1. The molecular weight excluding hydrogens is 409 g/mol. The first-order valence-corrected chi connectivity index (χ1v) is 9.24. The summed E-state index contributed by atoms with van der Waals surface area (Å²) in [6.07, 6.45) is -5.20. The number of aliphatic hydroxyl groups is 1. The number of hydrogen-bond acceptors (Lipinski definition) is 5. The lowest BCUT2D eigenvalue weighted by molar-refractivity contribution is -0.208. The van der Waals surface area contributed by atoms with Gasteiger partial charge in [-0.25, -0.2) is 14.5 Å². The van der Waals surface area contributed by atoms with Crippen LogP contribution >= 0.6 is 0 Å². The molecule has 158 valence electrons. The summed E-state index contributed by atoms with van der Waals surface area (Å²) in [5, 5.41) is 13.9. The number of hydrogen-bond donors (Lipinski definition) is 1. The molecule has 0 spiro atoms. The number of rotatable bonds is 5. The van der Waals surface area contributed by atoms with E-state index in [1.807, 2.05) is 60.7 Å². The first-order valence-electron chi connectivity index (χ1n) is 9.24. The molecule has 4 aromatic rings. The average Bonchev–Trinajstić information content (AvgIpc) is 3.19. The van der Waals surface area contributed by atoms with E-state index in [1.165, 1.54) is 17.8 Å². The Bertz CT molecular complexity index is 1180. The summed E-state index contributed by atoms with van der Waals surface area (Å²) >= 11 is 0. The van der Waals surface area contributed by atoms with Crippen molar-refractivity contribution in [3.8, 4) is 5.75 Å². The Balaban J connectivity index is 1.95. The zero-order valence-electron chi connectivity index (χ0n) is 16.3. The minimum Gasteiger partial charge on any atom is -0.492 e. The largest absolute Gasteiger partial charge is 0.492 e. The van der Waals surface area contributed by atoms with E-state index in [1.54, 1.807) is 0 Å². The SMILES string of the molecule is COc1c(C(O)C(F)(F)F)ncn2ncc(N=C(c3ccccc3)c3ccccc3)c12. The molecule has 0 saturated carbocycles. The molecule has 0 radical (unpaired) electrons. The summed E-state index contributed by atoms with van der Waals surface area (Å²) in [5.74, 6) is -0.246. The summed E-state index contributed by atoms with van der Waals surface area (Å²) in [4.78, 5) is 8.43. The van der Waals surface area contributed by atoms with Gasteiger partial charge in [-0.2, -0.15) is 18.3 Å². The summed E-state index contributed by atoms with van der Waals surface area (Å²) < 4.78 is 45.9. The Labute approximate surface area is 175 Å². The molecule has 31 heavy (non-hydrogen) atoms. The highest BCUT2D eigenvalue weighted by Gasteiger charge is 2.42. The van der Waals surface area contributed by atoms with E-state index in [-0.39, 0.29) is 17.0 Å². The Hall–Kier alpha value is -3.72. The number of aliphatic imine (C=N–C) groups is 1. The van der Waals surface area contributed by atoms with E-state index in [9.17, 15) is 18.3 Å². The van der Waals surface area contributed by atoms with Gasteiger partial charge in [0.1, 0.15) is 23.2 Å². The van der Waals surface area contributed by atoms with Crippen molar-refractivity contribution in [1.82, 2.24) is 14.6 Å². The van der Waals surface area contributed by atoms with Gasteiger partial charge < -0.3 is 9.84 Å². The van der Waals surface area contributed by atoms with Crippen molar-refractivity contribution in [2.75, 3.05) is 7.11 Å². The zero-order valence-corrected chi connectivity index (χ0v) is 16.3. The van der Waals surface area contributed by atoms with E-state index in [2.05, 4.69) is 10.1 Å². The highest BCUT2D eigenvalue weighted by Crippen LogP contribution is 2.40. The monoisotopic (exact) mass is 426 g/mol. The lowest BCUT2D eigenvalue weighted by atomic mass is 10.0. The van der Waals surface area contributed by atoms with Crippen LogP contribution in [0.1, 0.15) is 22.9 Å². The minimum atomic E-state index is -4.90. The number of benzene rings is 2. The van der Waals surface area contributed by atoms with Crippen LogP contribution in [-0.2, 0) is 0 Å². The molecule has 0 saturated heterocycles. The lowest BCUT2D eigenvalue weighted by Gasteiger charge is -2.17. The molecule has 2 aromatic carbocycles. The standard InChI is InChI=1S/C22H17F3N4O2/c1-31-20-18(21(30)22(23,24)25)26-13-29-19(20)16(12-27-29)28-17(14-8-4-2-5-9-14)15-10-6-3-7-11-15/h2-13,21,30H,1H3. The van der Waals surface area contributed by atoms with Crippen molar-refractivity contribution in [2.24, 2.45) is 4.99 Å². The van der Waals surface area contributed by atoms with Gasteiger partial charge in [-0.15, -0.1) is 0 Å². The van der Waals surface area contributed by atoms with Crippen molar-refractivity contribution in [3.63, 3.8) is 0 Å². The van der Waals surface area contributed by atoms with E-state index < -0.39 is 18.0 Å². The second-order valence-electron chi connectivity index (χ2n) is 6.62. The van der Waals surface area contributed by atoms with Crippen LogP contribution in [-0.4, -0.2) is 38.7 Å². The number of aliphatic hydroxyl groups excluding tert-OH is 1. The van der Waals surface area contributed by atoms with Gasteiger partial charge in [0.25, 0.3) is 0 Å². The third kappa shape index (κ3) is 3.99. The Morgan fingerprint density at radius 2 is 1.61 bits per heavy atom. The number of nitrogens with zero attached hydrogens (tertiary/aromatic N) is 4. The van der Waals surface area contributed by atoms with Crippen molar-refractivity contribution in [1.29, 1.82) is 0 Å².